The van der Waals surface area contributed by atoms with Crippen LogP contribution in [0.4, 0.5) is 10.2 Å². The number of furan rings is 1. The van der Waals surface area contributed by atoms with Crippen LogP contribution in [0, 0.1) is 5.82 Å². The van der Waals surface area contributed by atoms with Crippen molar-refractivity contribution in [3.05, 3.63) is 58.6 Å². The highest BCUT2D eigenvalue weighted by molar-refractivity contribution is 6.10. The van der Waals surface area contributed by atoms with Gasteiger partial charge in [0, 0.05) is 37.6 Å². The molecule has 0 bridgehead atoms. The van der Waals surface area contributed by atoms with E-state index in [9.17, 15) is 19.1 Å². The summed E-state index contributed by atoms with van der Waals surface area (Å²) in [5.41, 5.74) is 2.79. The number of Topliss-reactive ketones (excluding diaryl/α,β-unsaturated/α-hetero) is 1. The van der Waals surface area contributed by atoms with Crippen LogP contribution in [0.3, 0.4) is 0 Å². The highest BCUT2D eigenvalue weighted by Gasteiger charge is 2.24. The molecule has 2 aromatic heterocycles. The van der Waals surface area contributed by atoms with Gasteiger partial charge in [0.15, 0.2) is 5.78 Å². The fraction of sp³-hybridized carbons (Fsp3) is 0.346. The molecule has 0 radical (unpaired) electrons. The third kappa shape index (κ3) is 4.66. The Morgan fingerprint density at radius 3 is 2.62 bits per heavy atom. The monoisotopic (exact) mass is 465 g/mol. The smallest absolute Gasteiger partial charge is 0.255 e. The lowest BCUT2D eigenvalue weighted by Gasteiger charge is -2.10. The molecular weight excluding hydrogens is 437 g/mol. The van der Waals surface area contributed by atoms with Gasteiger partial charge < -0.3 is 20.2 Å². The number of rotatable bonds is 9. The number of allylic oxidation sites excluding steroid dienone is 2. The first-order chi connectivity index (χ1) is 16.4. The minimum atomic E-state index is -0.372. The number of aromatic nitrogens is 1. The average Bonchev–Trinajstić information content (AvgIpc) is 3.37. The van der Waals surface area contributed by atoms with Gasteiger partial charge in [-0.1, -0.05) is 6.92 Å². The third-order valence-corrected chi connectivity index (χ3v) is 6.12. The molecule has 1 aliphatic carbocycles. The van der Waals surface area contributed by atoms with E-state index < -0.39 is 0 Å². The molecular formula is C26H28FN3O4. The molecule has 3 N–H and O–H groups in total. The number of anilines is 1. The van der Waals surface area contributed by atoms with Crippen molar-refractivity contribution in [3.8, 4) is 11.3 Å². The zero-order chi connectivity index (χ0) is 24.2. The fourth-order valence-corrected chi connectivity index (χ4v) is 4.25. The van der Waals surface area contributed by atoms with E-state index >= 15 is 0 Å². The van der Waals surface area contributed by atoms with E-state index in [0.29, 0.717) is 71.6 Å². The third-order valence-electron chi connectivity index (χ3n) is 6.12. The fourth-order valence-electron chi connectivity index (χ4n) is 4.25. The minimum absolute atomic E-state index is 0.0487. The second kappa shape index (κ2) is 10.1. The number of benzene rings is 1. The number of nitrogens with zero attached hydrogens (tertiary/aromatic N) is 1. The van der Waals surface area contributed by atoms with Gasteiger partial charge in [0.05, 0.1) is 16.7 Å². The van der Waals surface area contributed by atoms with Crippen LogP contribution in [-0.4, -0.2) is 35.4 Å². The van der Waals surface area contributed by atoms with Crippen LogP contribution >= 0.6 is 0 Å². The summed E-state index contributed by atoms with van der Waals surface area (Å²) in [5, 5.41) is 16.4. The average molecular weight is 466 g/mol. The van der Waals surface area contributed by atoms with Crippen molar-refractivity contribution in [2.24, 2.45) is 0 Å². The molecule has 2 heterocycles. The summed E-state index contributed by atoms with van der Waals surface area (Å²) < 4.78 is 19.4. The Labute approximate surface area is 197 Å². The molecule has 0 atom stereocenters. The molecule has 0 aliphatic heterocycles. The Bertz CT molecular complexity index is 1260. The molecule has 0 fully saturated rings. The van der Waals surface area contributed by atoms with Crippen LogP contribution in [-0.2, 0) is 11.2 Å². The maximum Gasteiger partial charge on any atom is 0.255 e. The van der Waals surface area contributed by atoms with E-state index in [2.05, 4.69) is 15.6 Å². The Kier molecular flexibility index (Phi) is 6.95. The number of aliphatic hydroxyl groups excluding tert-OH is 1. The number of hydrogen-bond donors (Lipinski definition) is 3. The van der Waals surface area contributed by atoms with E-state index in [1.807, 2.05) is 13.0 Å². The molecule has 7 nitrogen and oxygen atoms in total. The summed E-state index contributed by atoms with van der Waals surface area (Å²) in [6, 6.07) is 7.70. The zero-order valence-electron chi connectivity index (χ0n) is 19.3. The summed E-state index contributed by atoms with van der Waals surface area (Å²) in [6.45, 7) is 2.65. The Balaban J connectivity index is 1.56. The highest BCUT2D eigenvalue weighted by Crippen LogP contribution is 2.35. The number of carbonyl (C=O) groups excluding carboxylic acids is 2. The summed E-state index contributed by atoms with van der Waals surface area (Å²) in [6.07, 6.45) is 3.72. The number of hydrogen-bond acceptors (Lipinski definition) is 6. The van der Waals surface area contributed by atoms with Gasteiger partial charge in [0.2, 0.25) is 5.71 Å². The first-order valence-electron chi connectivity index (χ1n) is 11.5. The second-order valence-corrected chi connectivity index (χ2v) is 8.33. The lowest BCUT2D eigenvalue weighted by Crippen LogP contribution is -2.18. The largest absolute Gasteiger partial charge is 0.512 e. The van der Waals surface area contributed by atoms with Crippen molar-refractivity contribution in [2.75, 3.05) is 18.9 Å². The molecule has 8 heteroatoms. The Hall–Kier alpha value is -3.68. The summed E-state index contributed by atoms with van der Waals surface area (Å²) in [7, 11) is 1.55. The molecule has 0 unspecified atom stereocenters. The van der Waals surface area contributed by atoms with Gasteiger partial charge in [0.1, 0.15) is 17.4 Å². The molecule has 0 saturated heterocycles. The summed E-state index contributed by atoms with van der Waals surface area (Å²) >= 11 is 0. The lowest BCUT2D eigenvalue weighted by atomic mass is 10.0. The van der Waals surface area contributed by atoms with E-state index in [0.717, 1.165) is 18.4 Å². The van der Waals surface area contributed by atoms with E-state index in [-0.39, 0.29) is 23.3 Å². The number of aryl methyl sites for hydroxylation is 1. The molecule has 34 heavy (non-hydrogen) atoms. The predicted octanol–water partition coefficient (Wildman–Crippen LogP) is 5.31. The number of ketones is 1. The van der Waals surface area contributed by atoms with E-state index in [1.54, 1.807) is 19.2 Å². The summed E-state index contributed by atoms with van der Waals surface area (Å²) in [5.74, 6) is 0.629. The van der Waals surface area contributed by atoms with Gasteiger partial charge >= 0.3 is 0 Å². The second-order valence-electron chi connectivity index (χ2n) is 8.33. The van der Waals surface area contributed by atoms with Crippen LogP contribution < -0.4 is 10.6 Å². The number of unbranched alkanes of at least 4 members (excludes halogenated alkanes) is 1. The minimum Gasteiger partial charge on any atom is -0.512 e. The number of pyridine rings is 1. The zero-order valence-corrected chi connectivity index (χ0v) is 19.3. The van der Waals surface area contributed by atoms with E-state index in [1.165, 1.54) is 12.1 Å². The quantitative estimate of drug-likeness (QED) is 0.370. The number of fused-ring (bicyclic) bond motifs is 1. The maximum absolute atomic E-state index is 13.4. The first-order valence-corrected chi connectivity index (χ1v) is 11.5. The van der Waals surface area contributed by atoms with Gasteiger partial charge in [0.25, 0.3) is 5.91 Å². The normalized spacial score (nSPS) is 13.7. The van der Waals surface area contributed by atoms with Crippen molar-refractivity contribution in [3.63, 3.8) is 0 Å². The van der Waals surface area contributed by atoms with Crippen LogP contribution in [0.1, 0.15) is 54.9 Å². The molecule has 0 saturated carbocycles. The molecule has 4 rings (SSSR count). The Morgan fingerprint density at radius 1 is 1.21 bits per heavy atom. The molecule has 178 valence electrons. The molecule has 1 aliphatic rings. The van der Waals surface area contributed by atoms with Crippen LogP contribution in [0.15, 0.2) is 46.1 Å². The van der Waals surface area contributed by atoms with Crippen molar-refractivity contribution < 1.29 is 23.5 Å². The SMILES string of the molecule is CCc1cc2c(C(=O)NC)c(-c3ccc(F)cc3)oc2nc1NCCCCC1=C(O)CCC1=O. The molecule has 1 aromatic carbocycles. The molecule has 3 aromatic rings. The van der Waals surface area contributed by atoms with Gasteiger partial charge in [-0.25, -0.2) is 4.39 Å². The van der Waals surface area contributed by atoms with Crippen molar-refractivity contribution in [1.29, 1.82) is 0 Å². The standard InChI is InChI=1S/C26H28FN3O4/c1-3-15-14-19-22(25(33)28-2)23(16-7-9-17(27)10-8-16)34-26(19)30-24(15)29-13-5-4-6-18-20(31)11-12-21(18)32/h7-10,14,31H,3-6,11-13H2,1-2H3,(H,28,33)(H,29,30). The maximum atomic E-state index is 13.4. The van der Waals surface area contributed by atoms with Crippen LogP contribution in [0.5, 0.6) is 0 Å². The van der Waals surface area contributed by atoms with Gasteiger partial charge in [-0.15, -0.1) is 0 Å². The molecule has 0 spiro atoms. The van der Waals surface area contributed by atoms with Gasteiger partial charge in [-0.05, 0) is 61.6 Å². The van der Waals surface area contributed by atoms with Crippen molar-refractivity contribution in [2.45, 2.75) is 45.4 Å². The van der Waals surface area contributed by atoms with Crippen molar-refractivity contribution in [1.82, 2.24) is 10.3 Å². The summed E-state index contributed by atoms with van der Waals surface area (Å²) in [4.78, 5) is 29.1. The number of halogens is 1. The highest BCUT2D eigenvalue weighted by atomic mass is 19.1. The number of amides is 1. The topological polar surface area (TPSA) is 104 Å². The molecule has 1 amide bonds. The number of aliphatic hydroxyl groups is 1. The van der Waals surface area contributed by atoms with Gasteiger partial charge in [-0.3, -0.25) is 9.59 Å². The van der Waals surface area contributed by atoms with Crippen LogP contribution in [0.2, 0.25) is 0 Å². The number of carbonyl (C=O) groups is 2. The lowest BCUT2D eigenvalue weighted by molar-refractivity contribution is -0.115. The predicted molar refractivity (Wildman–Crippen MR) is 128 cm³/mol. The van der Waals surface area contributed by atoms with E-state index in [4.69, 9.17) is 4.42 Å². The van der Waals surface area contributed by atoms with Crippen molar-refractivity contribution >= 4 is 28.6 Å². The first kappa shape index (κ1) is 23.5. The Morgan fingerprint density at radius 2 is 1.97 bits per heavy atom. The number of nitrogens with one attached hydrogen (secondary N) is 2. The van der Waals surface area contributed by atoms with Gasteiger partial charge in [-0.2, -0.15) is 4.98 Å². The van der Waals surface area contributed by atoms with Crippen LogP contribution in [0.25, 0.3) is 22.4 Å².